The molecule has 0 aliphatic carbocycles. The van der Waals surface area contributed by atoms with Gasteiger partial charge in [0.1, 0.15) is 11.3 Å². The number of methoxy groups -OCH3 is 1. The molecular formula is C21H17ClN4O4. The lowest BCUT2D eigenvalue weighted by molar-refractivity contribution is 0.102. The number of rotatable bonds is 4. The highest BCUT2D eigenvalue weighted by molar-refractivity contribution is 6.30. The zero-order chi connectivity index (χ0) is 21.4. The van der Waals surface area contributed by atoms with Crippen LogP contribution in [0.5, 0.6) is 5.75 Å². The largest absolute Gasteiger partial charge is 0.497 e. The highest BCUT2D eigenvalue weighted by Crippen LogP contribution is 2.20. The number of benzene rings is 2. The van der Waals surface area contributed by atoms with Crippen LogP contribution in [-0.2, 0) is 7.05 Å². The number of nitrogens with zero attached hydrogens (tertiary/aromatic N) is 2. The number of aryl methyl sites for hydroxylation is 1. The number of nitrogens with one attached hydrogen (secondary N) is 2. The van der Waals surface area contributed by atoms with E-state index in [0.29, 0.717) is 22.1 Å². The van der Waals surface area contributed by atoms with Crippen LogP contribution in [0.2, 0.25) is 5.02 Å². The van der Waals surface area contributed by atoms with Crippen molar-refractivity contribution >= 4 is 34.2 Å². The molecule has 0 unspecified atom stereocenters. The Morgan fingerprint density at radius 3 is 2.57 bits per heavy atom. The van der Waals surface area contributed by atoms with E-state index in [1.807, 2.05) is 0 Å². The summed E-state index contributed by atoms with van der Waals surface area (Å²) in [4.78, 5) is 41.3. The molecule has 2 heterocycles. The van der Waals surface area contributed by atoms with Crippen LogP contribution in [-0.4, -0.2) is 27.1 Å². The van der Waals surface area contributed by atoms with Crippen molar-refractivity contribution in [3.05, 3.63) is 86.2 Å². The fraction of sp³-hybridized carbons (Fsp3) is 0.0952. The lowest BCUT2D eigenvalue weighted by Gasteiger charge is -2.07. The third-order valence-electron chi connectivity index (χ3n) is 4.68. The Kier molecular flexibility index (Phi) is 4.93. The number of aromatic nitrogens is 3. The quantitative estimate of drug-likeness (QED) is 0.526. The molecule has 1 amide bonds. The molecule has 0 bridgehead atoms. The lowest BCUT2D eigenvalue weighted by Crippen LogP contribution is -2.34. The predicted octanol–water partition coefficient (Wildman–Crippen LogP) is 2.93. The van der Waals surface area contributed by atoms with Crippen molar-refractivity contribution in [2.24, 2.45) is 7.05 Å². The van der Waals surface area contributed by atoms with E-state index in [9.17, 15) is 14.4 Å². The Hall–Kier alpha value is -3.78. The first kappa shape index (κ1) is 19.5. The number of halogens is 1. The van der Waals surface area contributed by atoms with Crippen molar-refractivity contribution in [2.75, 3.05) is 12.4 Å². The second-order valence-corrected chi connectivity index (χ2v) is 7.05. The Balaban J connectivity index is 1.81. The number of carbonyl (C=O) groups is 1. The van der Waals surface area contributed by atoms with Crippen molar-refractivity contribution < 1.29 is 9.53 Å². The molecule has 0 fully saturated rings. The van der Waals surface area contributed by atoms with Gasteiger partial charge in [-0.2, -0.15) is 0 Å². The first-order valence-electron chi connectivity index (χ1n) is 8.94. The number of fused-ring (bicyclic) bond motifs is 1. The number of amides is 1. The number of ether oxygens (including phenoxy) is 1. The van der Waals surface area contributed by atoms with Crippen LogP contribution >= 0.6 is 11.6 Å². The maximum absolute atomic E-state index is 13.1. The van der Waals surface area contributed by atoms with E-state index in [1.165, 1.54) is 17.9 Å². The summed E-state index contributed by atoms with van der Waals surface area (Å²) in [6, 6.07) is 13.2. The van der Waals surface area contributed by atoms with E-state index in [2.05, 4.69) is 10.3 Å². The SMILES string of the molecule is COc1cccc(NC(=O)c2cn(C)c3c(=O)n(-c4ccc(Cl)cc4)c(=O)[nH]c23)c1. The minimum atomic E-state index is -0.656. The molecule has 0 spiro atoms. The molecule has 4 aromatic rings. The average Bonchev–Trinajstić information content (AvgIpc) is 3.06. The van der Waals surface area contributed by atoms with Crippen LogP contribution in [0, 0.1) is 0 Å². The molecule has 2 aromatic carbocycles. The summed E-state index contributed by atoms with van der Waals surface area (Å²) in [5.74, 6) is 0.123. The van der Waals surface area contributed by atoms with E-state index in [4.69, 9.17) is 16.3 Å². The normalized spacial score (nSPS) is 10.9. The molecule has 2 aromatic heterocycles. The molecule has 0 aliphatic heterocycles. The van der Waals surface area contributed by atoms with Crippen molar-refractivity contribution in [1.82, 2.24) is 14.1 Å². The van der Waals surface area contributed by atoms with Gasteiger partial charge in [-0.15, -0.1) is 0 Å². The number of aromatic amines is 1. The molecule has 0 atom stereocenters. The topological polar surface area (TPSA) is 98.1 Å². The molecule has 0 radical (unpaired) electrons. The second kappa shape index (κ2) is 7.57. The standard InChI is InChI=1S/C21H17ClN4O4/c1-25-11-16(19(27)23-13-4-3-5-15(10-13)30-2)17-18(25)20(28)26(21(29)24-17)14-8-6-12(22)7-9-14/h3-11H,1-2H3,(H,23,27)(H,24,29). The maximum atomic E-state index is 13.1. The molecule has 0 aliphatic rings. The molecule has 0 saturated carbocycles. The minimum absolute atomic E-state index is 0.165. The van der Waals surface area contributed by atoms with Gasteiger partial charge in [0, 0.05) is 30.0 Å². The molecule has 4 rings (SSSR count). The van der Waals surface area contributed by atoms with Crippen molar-refractivity contribution in [2.45, 2.75) is 0 Å². The van der Waals surface area contributed by atoms with Gasteiger partial charge in [0.05, 0.1) is 23.9 Å². The van der Waals surface area contributed by atoms with Gasteiger partial charge in [-0.3, -0.25) is 9.59 Å². The summed E-state index contributed by atoms with van der Waals surface area (Å²) in [6.45, 7) is 0. The number of H-pyrrole nitrogens is 1. The third-order valence-corrected chi connectivity index (χ3v) is 4.93. The van der Waals surface area contributed by atoms with Crippen molar-refractivity contribution in [3.63, 3.8) is 0 Å². The molecule has 9 heteroatoms. The average molecular weight is 425 g/mol. The van der Waals surface area contributed by atoms with E-state index in [1.54, 1.807) is 55.6 Å². The molecule has 0 saturated heterocycles. The highest BCUT2D eigenvalue weighted by atomic mass is 35.5. The highest BCUT2D eigenvalue weighted by Gasteiger charge is 2.20. The summed E-state index contributed by atoms with van der Waals surface area (Å²) in [5, 5.41) is 3.24. The van der Waals surface area contributed by atoms with Gasteiger partial charge in [-0.1, -0.05) is 17.7 Å². The van der Waals surface area contributed by atoms with Crippen LogP contribution in [0.1, 0.15) is 10.4 Å². The third kappa shape index (κ3) is 3.37. The van der Waals surface area contributed by atoms with Gasteiger partial charge >= 0.3 is 5.69 Å². The Morgan fingerprint density at radius 2 is 1.87 bits per heavy atom. The van der Waals surface area contributed by atoms with Crippen LogP contribution in [0.4, 0.5) is 5.69 Å². The molecule has 152 valence electrons. The first-order valence-corrected chi connectivity index (χ1v) is 9.32. The number of hydrogen-bond donors (Lipinski definition) is 2. The molecular weight excluding hydrogens is 408 g/mol. The predicted molar refractivity (Wildman–Crippen MR) is 115 cm³/mol. The summed E-state index contributed by atoms with van der Waals surface area (Å²) < 4.78 is 7.67. The number of anilines is 1. The first-order chi connectivity index (χ1) is 14.4. The van der Waals surface area contributed by atoms with E-state index in [-0.39, 0.29) is 16.6 Å². The summed E-state index contributed by atoms with van der Waals surface area (Å²) in [7, 11) is 3.17. The Morgan fingerprint density at radius 1 is 1.13 bits per heavy atom. The molecule has 8 nitrogen and oxygen atoms in total. The van der Waals surface area contributed by atoms with E-state index in [0.717, 1.165) is 4.57 Å². The fourth-order valence-electron chi connectivity index (χ4n) is 3.27. The zero-order valence-corrected chi connectivity index (χ0v) is 16.9. The van der Waals surface area contributed by atoms with Gasteiger partial charge in [0.15, 0.2) is 0 Å². The second-order valence-electron chi connectivity index (χ2n) is 6.61. The summed E-state index contributed by atoms with van der Waals surface area (Å²) in [5.41, 5.74) is 0.228. The van der Waals surface area contributed by atoms with Gasteiger partial charge < -0.3 is 19.6 Å². The van der Waals surface area contributed by atoms with Crippen LogP contribution in [0.3, 0.4) is 0 Å². The zero-order valence-electron chi connectivity index (χ0n) is 16.1. The molecule has 30 heavy (non-hydrogen) atoms. The van der Waals surface area contributed by atoms with Gasteiger partial charge in [0.2, 0.25) is 0 Å². The van der Waals surface area contributed by atoms with E-state index < -0.39 is 17.2 Å². The Labute approximate surface area is 175 Å². The van der Waals surface area contributed by atoms with E-state index >= 15 is 0 Å². The Bertz CT molecular complexity index is 1380. The summed E-state index contributed by atoms with van der Waals surface area (Å²) in [6.07, 6.45) is 1.50. The van der Waals surface area contributed by atoms with Crippen LogP contribution in [0.25, 0.3) is 16.7 Å². The van der Waals surface area contributed by atoms with Crippen molar-refractivity contribution in [1.29, 1.82) is 0 Å². The maximum Gasteiger partial charge on any atom is 0.333 e. The summed E-state index contributed by atoms with van der Waals surface area (Å²) >= 11 is 5.89. The van der Waals surface area contributed by atoms with Gasteiger partial charge in [-0.05, 0) is 36.4 Å². The smallest absolute Gasteiger partial charge is 0.333 e. The fourth-order valence-corrected chi connectivity index (χ4v) is 3.39. The lowest BCUT2D eigenvalue weighted by atomic mass is 10.2. The monoisotopic (exact) mass is 424 g/mol. The number of hydrogen-bond acceptors (Lipinski definition) is 4. The van der Waals surface area contributed by atoms with Crippen molar-refractivity contribution in [3.8, 4) is 11.4 Å². The van der Waals surface area contributed by atoms with Crippen LogP contribution < -0.4 is 21.3 Å². The van der Waals surface area contributed by atoms with Gasteiger partial charge in [0.25, 0.3) is 11.5 Å². The van der Waals surface area contributed by atoms with Crippen LogP contribution in [0.15, 0.2) is 64.3 Å². The minimum Gasteiger partial charge on any atom is -0.497 e. The molecule has 2 N–H and O–H groups in total. The van der Waals surface area contributed by atoms with Gasteiger partial charge in [-0.25, -0.2) is 9.36 Å². The number of carbonyl (C=O) groups excluding carboxylic acids is 1.